The van der Waals surface area contributed by atoms with Gasteiger partial charge < -0.3 is 20.1 Å². The summed E-state index contributed by atoms with van der Waals surface area (Å²) in [6, 6.07) is 13.0. The molecular weight excluding hydrogens is 400 g/mol. The second-order valence-electron chi connectivity index (χ2n) is 8.57. The maximum atomic E-state index is 9.89. The molecule has 6 nitrogen and oxygen atoms in total. The highest BCUT2D eigenvalue weighted by atomic mass is 16.5. The molecule has 0 bridgehead atoms. The highest BCUT2D eigenvalue weighted by Crippen LogP contribution is 2.32. The number of rotatable bonds is 8. The number of methoxy groups -OCH3 is 1. The lowest BCUT2D eigenvalue weighted by Crippen LogP contribution is -2.36. The largest absolute Gasteiger partial charge is 0.496 e. The maximum absolute atomic E-state index is 9.89. The van der Waals surface area contributed by atoms with Crippen LogP contribution in [0, 0.1) is 0 Å². The van der Waals surface area contributed by atoms with Gasteiger partial charge in [0.1, 0.15) is 5.75 Å². The van der Waals surface area contributed by atoms with E-state index < -0.39 is 0 Å². The lowest BCUT2D eigenvalue weighted by molar-refractivity contribution is 0.145. The Balaban J connectivity index is 1.65. The van der Waals surface area contributed by atoms with Crippen molar-refractivity contribution < 1.29 is 9.84 Å². The van der Waals surface area contributed by atoms with Crippen LogP contribution in [0.5, 0.6) is 5.75 Å². The Bertz CT molecular complexity index is 1060. The van der Waals surface area contributed by atoms with Gasteiger partial charge in [0, 0.05) is 30.4 Å². The molecule has 0 spiro atoms. The summed E-state index contributed by atoms with van der Waals surface area (Å²) in [7, 11) is 1.71. The summed E-state index contributed by atoms with van der Waals surface area (Å²) >= 11 is 0. The number of aliphatic hydroxyl groups is 1. The summed E-state index contributed by atoms with van der Waals surface area (Å²) in [5, 5.41) is 24.9. The van der Waals surface area contributed by atoms with E-state index in [1.165, 1.54) is 16.7 Å². The highest BCUT2D eigenvalue weighted by molar-refractivity contribution is 5.99. The van der Waals surface area contributed by atoms with E-state index in [0.29, 0.717) is 6.54 Å². The van der Waals surface area contributed by atoms with Crippen molar-refractivity contribution in [2.24, 2.45) is 0 Å². The molecule has 0 aliphatic carbocycles. The summed E-state index contributed by atoms with van der Waals surface area (Å²) in [5.41, 5.74) is 3.71. The van der Waals surface area contributed by atoms with Crippen LogP contribution in [0.25, 0.3) is 10.8 Å². The Morgan fingerprint density at radius 2 is 1.81 bits per heavy atom. The van der Waals surface area contributed by atoms with E-state index >= 15 is 0 Å². The second-order valence-corrected chi connectivity index (χ2v) is 8.57. The summed E-state index contributed by atoms with van der Waals surface area (Å²) in [6.45, 7) is 6.63. The maximum Gasteiger partial charge on any atom is 0.159 e. The molecule has 0 unspecified atom stereocenters. The monoisotopic (exact) mass is 434 g/mol. The van der Waals surface area contributed by atoms with Crippen LogP contribution in [0.1, 0.15) is 49.8 Å². The zero-order chi connectivity index (χ0) is 22.5. The van der Waals surface area contributed by atoms with Crippen LogP contribution in [-0.2, 0) is 19.4 Å². The third-order valence-electron chi connectivity index (χ3n) is 6.31. The average molecular weight is 435 g/mol. The Labute approximate surface area is 190 Å². The van der Waals surface area contributed by atoms with Crippen LogP contribution in [0.15, 0.2) is 36.4 Å². The zero-order valence-electron chi connectivity index (χ0n) is 19.4. The summed E-state index contributed by atoms with van der Waals surface area (Å²) < 4.78 is 5.46. The van der Waals surface area contributed by atoms with Crippen molar-refractivity contribution in [2.45, 2.75) is 58.6 Å². The molecular formula is C26H34N4O2. The van der Waals surface area contributed by atoms with Crippen LogP contribution < -0.4 is 15.0 Å². The van der Waals surface area contributed by atoms with Gasteiger partial charge in [0.2, 0.25) is 0 Å². The molecule has 0 saturated carbocycles. The van der Waals surface area contributed by atoms with E-state index in [2.05, 4.69) is 64.6 Å². The molecule has 0 atom stereocenters. The first-order valence-corrected chi connectivity index (χ1v) is 11.7. The van der Waals surface area contributed by atoms with Crippen LogP contribution in [-0.4, -0.2) is 41.6 Å². The van der Waals surface area contributed by atoms with E-state index in [1.807, 2.05) is 6.07 Å². The van der Waals surface area contributed by atoms with Crippen LogP contribution >= 0.6 is 0 Å². The van der Waals surface area contributed by atoms with Crippen molar-refractivity contribution >= 4 is 22.4 Å². The molecule has 32 heavy (non-hydrogen) atoms. The van der Waals surface area contributed by atoms with Gasteiger partial charge in [0.05, 0.1) is 13.2 Å². The molecule has 1 aromatic heterocycles. The second kappa shape index (κ2) is 10.2. The Morgan fingerprint density at radius 1 is 1.03 bits per heavy atom. The molecule has 1 saturated heterocycles. The predicted octanol–water partition coefficient (Wildman–Crippen LogP) is 4.73. The van der Waals surface area contributed by atoms with Gasteiger partial charge in [-0.3, -0.25) is 0 Å². The van der Waals surface area contributed by atoms with Gasteiger partial charge in [-0.05, 0) is 54.5 Å². The van der Waals surface area contributed by atoms with Gasteiger partial charge in [-0.2, -0.15) is 0 Å². The molecule has 6 heteroatoms. The number of aromatic nitrogens is 2. The summed E-state index contributed by atoms with van der Waals surface area (Å²) in [4.78, 5) is 2.25. The number of hydrogen-bond donors (Lipinski definition) is 2. The van der Waals surface area contributed by atoms with Crippen molar-refractivity contribution in [3.63, 3.8) is 0 Å². The van der Waals surface area contributed by atoms with Gasteiger partial charge in [0.15, 0.2) is 11.6 Å². The van der Waals surface area contributed by atoms with Gasteiger partial charge in [-0.1, -0.05) is 44.5 Å². The number of piperidine rings is 1. The van der Waals surface area contributed by atoms with Crippen molar-refractivity contribution in [2.75, 3.05) is 30.4 Å². The lowest BCUT2D eigenvalue weighted by atomic mass is 10.0. The highest BCUT2D eigenvalue weighted by Gasteiger charge is 2.21. The molecule has 170 valence electrons. The van der Waals surface area contributed by atoms with E-state index in [1.54, 1.807) is 7.11 Å². The van der Waals surface area contributed by atoms with Crippen LogP contribution in [0.3, 0.4) is 0 Å². The Hall–Kier alpha value is -2.86. The number of aliphatic hydroxyl groups excluding tert-OH is 1. The molecule has 2 N–H and O–H groups in total. The van der Waals surface area contributed by atoms with E-state index in [-0.39, 0.29) is 6.10 Å². The number of nitrogens with zero attached hydrogens (tertiary/aromatic N) is 3. The number of nitrogens with one attached hydrogen (secondary N) is 1. The van der Waals surface area contributed by atoms with Gasteiger partial charge in [-0.15, -0.1) is 10.2 Å². The molecule has 1 fully saturated rings. The Morgan fingerprint density at radius 3 is 2.53 bits per heavy atom. The molecule has 3 aromatic rings. The number of fused-ring (bicyclic) bond motifs is 1. The minimum Gasteiger partial charge on any atom is -0.496 e. The minimum atomic E-state index is -0.208. The van der Waals surface area contributed by atoms with Crippen molar-refractivity contribution in [3.05, 3.63) is 53.1 Å². The van der Waals surface area contributed by atoms with Crippen molar-refractivity contribution in [1.29, 1.82) is 0 Å². The first kappa shape index (κ1) is 22.3. The number of anilines is 2. The number of hydrogen-bond acceptors (Lipinski definition) is 6. The average Bonchev–Trinajstić information content (AvgIpc) is 2.83. The van der Waals surface area contributed by atoms with E-state index in [4.69, 9.17) is 4.74 Å². The van der Waals surface area contributed by atoms with Gasteiger partial charge >= 0.3 is 0 Å². The fraction of sp³-hybridized carbons (Fsp3) is 0.462. The number of aryl methyl sites for hydroxylation is 2. The molecule has 4 rings (SSSR count). The number of benzene rings is 2. The standard InChI is InChI=1S/C26H34N4O2/c1-4-6-18-7-9-22-23(16-18)25(28-29-26(22)30-13-11-21(31)12-14-30)27-17-19-8-10-24(32-3)20(5-2)15-19/h7-10,15-16,21,31H,4-6,11-14,17H2,1-3H3,(H,27,28). The molecule has 1 aliphatic rings. The van der Waals surface area contributed by atoms with Gasteiger partial charge in [0.25, 0.3) is 0 Å². The quantitative estimate of drug-likeness (QED) is 0.534. The molecule has 0 radical (unpaired) electrons. The Kier molecular flexibility index (Phi) is 7.10. The van der Waals surface area contributed by atoms with Gasteiger partial charge in [-0.25, -0.2) is 0 Å². The first-order chi connectivity index (χ1) is 15.6. The van der Waals surface area contributed by atoms with E-state index in [0.717, 1.165) is 73.4 Å². The molecule has 2 heterocycles. The molecule has 0 amide bonds. The fourth-order valence-electron chi connectivity index (χ4n) is 4.48. The minimum absolute atomic E-state index is 0.208. The predicted molar refractivity (Wildman–Crippen MR) is 131 cm³/mol. The normalized spacial score (nSPS) is 14.7. The third-order valence-corrected chi connectivity index (χ3v) is 6.31. The van der Waals surface area contributed by atoms with Crippen molar-refractivity contribution in [3.8, 4) is 5.75 Å². The smallest absolute Gasteiger partial charge is 0.159 e. The molecule has 2 aromatic carbocycles. The van der Waals surface area contributed by atoms with E-state index in [9.17, 15) is 5.11 Å². The van der Waals surface area contributed by atoms with Crippen molar-refractivity contribution in [1.82, 2.24) is 10.2 Å². The number of ether oxygens (including phenoxy) is 1. The summed E-state index contributed by atoms with van der Waals surface area (Å²) in [6.07, 6.45) is 4.42. The molecule has 1 aliphatic heterocycles. The zero-order valence-corrected chi connectivity index (χ0v) is 19.4. The topological polar surface area (TPSA) is 70.5 Å². The van der Waals surface area contributed by atoms with Crippen LogP contribution in [0.4, 0.5) is 11.6 Å². The van der Waals surface area contributed by atoms with Crippen LogP contribution in [0.2, 0.25) is 0 Å². The SMILES string of the molecule is CCCc1ccc2c(N3CCC(O)CC3)nnc(NCc3ccc(OC)c(CC)c3)c2c1. The summed E-state index contributed by atoms with van der Waals surface area (Å²) in [5.74, 6) is 2.66. The fourth-order valence-corrected chi connectivity index (χ4v) is 4.48. The third kappa shape index (κ3) is 4.80. The lowest BCUT2D eigenvalue weighted by Gasteiger charge is -2.31. The first-order valence-electron chi connectivity index (χ1n) is 11.7.